The fourth-order valence-corrected chi connectivity index (χ4v) is 9.55. The smallest absolute Gasteiger partial charge is 0.126 e. The molecule has 5 nitrogen and oxygen atoms in total. The lowest BCUT2D eigenvalue weighted by Gasteiger charge is -2.36. The van der Waals surface area contributed by atoms with Gasteiger partial charge in [0.1, 0.15) is 18.2 Å². The highest BCUT2D eigenvalue weighted by molar-refractivity contribution is 8.34. The van der Waals surface area contributed by atoms with Crippen molar-refractivity contribution in [2.75, 3.05) is 43.7 Å². The minimum Gasteiger partial charge on any atom is -0.489 e. The van der Waals surface area contributed by atoms with Crippen molar-refractivity contribution < 1.29 is 13.9 Å². The average molecular weight is 560 g/mol. The van der Waals surface area contributed by atoms with Gasteiger partial charge >= 0.3 is 0 Å². The predicted molar refractivity (Wildman–Crippen MR) is 163 cm³/mol. The van der Waals surface area contributed by atoms with Crippen molar-refractivity contribution >= 4 is 20.8 Å². The molecule has 2 aliphatic rings. The predicted octanol–water partition coefficient (Wildman–Crippen LogP) is 6.51. The first-order chi connectivity index (χ1) is 19.6. The zero-order valence-corrected chi connectivity index (χ0v) is 23.9. The molecule has 40 heavy (non-hydrogen) atoms. The summed E-state index contributed by atoms with van der Waals surface area (Å²) in [7, 11) is -1.27. The van der Waals surface area contributed by atoms with Gasteiger partial charge in [-0.1, -0.05) is 36.4 Å². The summed E-state index contributed by atoms with van der Waals surface area (Å²) in [5.41, 5.74) is 11.2. The monoisotopic (exact) mass is 559 g/mol. The number of aryl methyl sites for hydroxylation is 1. The van der Waals surface area contributed by atoms with Crippen LogP contribution in [-0.4, -0.2) is 48.7 Å². The van der Waals surface area contributed by atoms with Crippen molar-refractivity contribution in [3.8, 4) is 16.9 Å². The van der Waals surface area contributed by atoms with Gasteiger partial charge < -0.3 is 20.5 Å². The van der Waals surface area contributed by atoms with E-state index in [0.29, 0.717) is 18.7 Å². The molecule has 0 aliphatic carbocycles. The summed E-state index contributed by atoms with van der Waals surface area (Å²) in [6, 6.07) is 22.1. The van der Waals surface area contributed by atoms with E-state index in [0.717, 1.165) is 88.9 Å². The zero-order valence-electron chi connectivity index (χ0n) is 23.1. The highest BCUT2D eigenvalue weighted by atomic mass is 32.3. The number of ether oxygens (including phenoxy) is 2. The molecule has 2 fully saturated rings. The molecule has 2 saturated heterocycles. The second-order valence-corrected chi connectivity index (χ2v) is 14.5. The standard InChI is InChI=1S/C33H38FN3O2S/c1-23-19-26(7-10-30(23)34)31-28-9-8-27(39-21-24-5-3-2-4-6-24)20-29(28)33(40(17-13-35)18-14-36-22-40)37-32(31)25-11-15-38-16-12-25/h2-10,19-20,25,36H,11-18,21-22,35H2,1H3. The van der Waals surface area contributed by atoms with E-state index in [1.165, 1.54) is 5.03 Å². The van der Waals surface area contributed by atoms with Crippen LogP contribution in [0.15, 0.2) is 71.8 Å². The van der Waals surface area contributed by atoms with E-state index in [4.69, 9.17) is 20.2 Å². The highest BCUT2D eigenvalue weighted by Crippen LogP contribution is 2.59. The molecule has 3 aromatic carbocycles. The third-order valence-electron chi connectivity index (χ3n) is 8.24. The number of halogens is 1. The van der Waals surface area contributed by atoms with Crippen LogP contribution in [0.4, 0.5) is 4.39 Å². The van der Waals surface area contributed by atoms with Crippen LogP contribution >= 0.6 is 10.0 Å². The topological polar surface area (TPSA) is 69.4 Å². The van der Waals surface area contributed by atoms with Crippen LogP contribution in [0.2, 0.25) is 0 Å². The Morgan fingerprint density at radius 1 is 1.05 bits per heavy atom. The lowest BCUT2D eigenvalue weighted by Crippen LogP contribution is -2.21. The lowest BCUT2D eigenvalue weighted by molar-refractivity contribution is 0.0845. The van der Waals surface area contributed by atoms with Gasteiger partial charge in [-0.25, -0.2) is 9.37 Å². The lowest BCUT2D eigenvalue weighted by atomic mass is 9.87. The van der Waals surface area contributed by atoms with E-state index >= 15 is 0 Å². The van der Waals surface area contributed by atoms with Crippen molar-refractivity contribution in [3.63, 3.8) is 0 Å². The molecule has 6 rings (SSSR count). The molecule has 0 saturated carbocycles. The van der Waals surface area contributed by atoms with Crippen LogP contribution in [-0.2, 0) is 11.3 Å². The molecule has 3 N–H and O–H groups in total. The molecule has 0 radical (unpaired) electrons. The van der Waals surface area contributed by atoms with E-state index < -0.39 is 10.0 Å². The Morgan fingerprint density at radius 3 is 2.60 bits per heavy atom. The maximum Gasteiger partial charge on any atom is 0.126 e. The number of benzene rings is 3. The van der Waals surface area contributed by atoms with Gasteiger partial charge in [-0.05, 0) is 83.7 Å². The van der Waals surface area contributed by atoms with Crippen molar-refractivity contribution in [2.45, 2.75) is 37.3 Å². The second-order valence-electron chi connectivity index (χ2n) is 10.9. The van der Waals surface area contributed by atoms with E-state index in [2.05, 4.69) is 35.6 Å². The summed E-state index contributed by atoms with van der Waals surface area (Å²) >= 11 is 0. The van der Waals surface area contributed by atoms with Crippen LogP contribution in [0.1, 0.15) is 35.6 Å². The number of rotatable bonds is 8. The van der Waals surface area contributed by atoms with E-state index in [1.54, 1.807) is 6.07 Å². The summed E-state index contributed by atoms with van der Waals surface area (Å²) in [5, 5.41) is 7.10. The third kappa shape index (κ3) is 5.36. The van der Waals surface area contributed by atoms with Gasteiger partial charge in [0.05, 0.1) is 10.7 Å². The Morgan fingerprint density at radius 2 is 1.88 bits per heavy atom. The number of nitrogens with zero attached hydrogens (tertiary/aromatic N) is 1. The highest BCUT2D eigenvalue weighted by Gasteiger charge is 2.35. The van der Waals surface area contributed by atoms with Gasteiger partial charge in [-0.3, -0.25) is 0 Å². The van der Waals surface area contributed by atoms with Gasteiger partial charge in [0.2, 0.25) is 0 Å². The number of hydrogen-bond acceptors (Lipinski definition) is 5. The fraction of sp³-hybridized carbons (Fsp3) is 0.364. The van der Waals surface area contributed by atoms with Crippen LogP contribution in [0.5, 0.6) is 5.75 Å². The average Bonchev–Trinajstić information content (AvgIpc) is 3.47. The quantitative estimate of drug-likeness (QED) is 0.258. The van der Waals surface area contributed by atoms with Gasteiger partial charge in [0, 0.05) is 49.0 Å². The number of pyridine rings is 1. The van der Waals surface area contributed by atoms with Crippen LogP contribution in [0.3, 0.4) is 0 Å². The maximum atomic E-state index is 14.4. The SMILES string of the molecule is Cc1cc(-c2c(C3CCOCC3)nc(S3(CCN)CCNC3)c3cc(OCc4ccccc4)ccc23)ccc1F. The number of fused-ring (bicyclic) bond motifs is 1. The number of nitrogens with one attached hydrogen (secondary N) is 1. The summed E-state index contributed by atoms with van der Waals surface area (Å²) in [5.74, 6) is 3.88. The molecule has 4 aromatic rings. The molecule has 0 amide bonds. The number of aromatic nitrogens is 1. The van der Waals surface area contributed by atoms with Crippen LogP contribution < -0.4 is 15.8 Å². The Kier molecular flexibility index (Phi) is 8.08. The molecule has 2 aliphatic heterocycles. The Balaban J connectivity index is 1.57. The molecule has 1 atom stereocenters. The molecule has 7 heteroatoms. The van der Waals surface area contributed by atoms with Gasteiger partial charge in [0.25, 0.3) is 0 Å². The van der Waals surface area contributed by atoms with Gasteiger partial charge in [-0.2, -0.15) is 10.0 Å². The Labute approximate surface area is 237 Å². The van der Waals surface area contributed by atoms with Crippen LogP contribution in [0, 0.1) is 12.7 Å². The normalized spacial score (nSPS) is 21.4. The minimum absolute atomic E-state index is 0.190. The minimum atomic E-state index is -1.27. The fourth-order valence-electron chi connectivity index (χ4n) is 6.08. The first-order valence-electron chi connectivity index (χ1n) is 14.2. The second kappa shape index (κ2) is 11.9. The number of hydrogen-bond donors (Lipinski definition) is 2. The van der Waals surface area contributed by atoms with Crippen molar-refractivity contribution in [1.29, 1.82) is 0 Å². The van der Waals surface area contributed by atoms with Gasteiger partial charge in [0.15, 0.2) is 0 Å². The van der Waals surface area contributed by atoms with E-state index in [-0.39, 0.29) is 11.7 Å². The molecule has 210 valence electrons. The maximum absolute atomic E-state index is 14.4. The Hall–Kier alpha value is -2.97. The molecule has 1 aromatic heterocycles. The molecule has 0 spiro atoms. The molecule has 1 unspecified atom stereocenters. The van der Waals surface area contributed by atoms with E-state index in [9.17, 15) is 4.39 Å². The third-order valence-corrected chi connectivity index (χ3v) is 12.1. The molecular formula is C33H38FN3O2S. The van der Waals surface area contributed by atoms with Crippen molar-refractivity contribution in [2.24, 2.45) is 5.73 Å². The summed E-state index contributed by atoms with van der Waals surface area (Å²) in [4.78, 5) is 5.62. The summed E-state index contributed by atoms with van der Waals surface area (Å²) in [6.07, 6.45) is 1.86. The molecule has 0 bridgehead atoms. The summed E-state index contributed by atoms with van der Waals surface area (Å²) in [6.45, 7) is 5.41. The molecule has 3 heterocycles. The number of nitrogens with two attached hydrogens (primary N) is 1. The van der Waals surface area contributed by atoms with Crippen molar-refractivity contribution in [1.82, 2.24) is 10.3 Å². The summed E-state index contributed by atoms with van der Waals surface area (Å²) < 4.78 is 26.5. The first kappa shape index (κ1) is 27.2. The van der Waals surface area contributed by atoms with Gasteiger partial charge in [-0.15, -0.1) is 0 Å². The van der Waals surface area contributed by atoms with Crippen LogP contribution in [0.25, 0.3) is 21.9 Å². The first-order valence-corrected chi connectivity index (χ1v) is 16.4. The van der Waals surface area contributed by atoms with Crippen molar-refractivity contribution in [3.05, 3.63) is 89.4 Å². The molecular weight excluding hydrogens is 521 g/mol. The largest absolute Gasteiger partial charge is 0.489 e. The zero-order chi connectivity index (χ0) is 27.5. The Bertz CT molecular complexity index is 1480. The van der Waals surface area contributed by atoms with E-state index in [1.807, 2.05) is 37.3 Å².